The number of ether oxygens (including phenoxy) is 2. The third kappa shape index (κ3) is 8.73. The van der Waals surface area contributed by atoms with Crippen molar-refractivity contribution in [2.45, 2.75) is 63.9 Å². The number of aryl methyl sites for hydroxylation is 1. The summed E-state index contributed by atoms with van der Waals surface area (Å²) in [7, 11) is -1.35. The molecule has 3 aromatic carbocycles. The molecule has 0 fully saturated rings. The third-order valence-electron chi connectivity index (χ3n) is 6.91. The SMILES string of the molecule is CCC(C(=O)NC(C)(C)C)N(CCc1ccccc1)C(=O)CN(c1cc(OC)ccc1OC)S(=O)(=O)c1ccc(C)cc1. The number of methoxy groups -OCH3 is 2. The Bertz CT molecular complexity index is 1490. The van der Waals surface area contributed by atoms with E-state index in [1.807, 2.05) is 65.0 Å². The Kier molecular flexibility index (Phi) is 11.2. The smallest absolute Gasteiger partial charge is 0.264 e. The second kappa shape index (κ2) is 14.4. The predicted molar refractivity (Wildman–Crippen MR) is 169 cm³/mol. The quantitative estimate of drug-likeness (QED) is 0.293. The standard InChI is InChI=1S/C33H43N3O6S/c1-8-28(32(38)34-33(3,4)5)35(21-20-25-12-10-9-11-13-25)31(37)23-36(29-22-26(41-6)16-19-30(29)42-7)43(39,40)27-17-14-24(2)15-18-27/h9-19,22,28H,8,20-21,23H2,1-7H3,(H,34,38). The van der Waals surface area contributed by atoms with Crippen molar-refractivity contribution in [3.63, 3.8) is 0 Å². The van der Waals surface area contributed by atoms with Gasteiger partial charge >= 0.3 is 0 Å². The van der Waals surface area contributed by atoms with Crippen LogP contribution in [0.25, 0.3) is 0 Å². The summed E-state index contributed by atoms with van der Waals surface area (Å²) in [6.45, 7) is 8.97. The number of rotatable bonds is 13. The Labute approximate surface area is 255 Å². The van der Waals surface area contributed by atoms with Gasteiger partial charge in [-0.2, -0.15) is 0 Å². The molecule has 0 aliphatic carbocycles. The van der Waals surface area contributed by atoms with Gasteiger partial charge in [0.1, 0.15) is 24.1 Å². The van der Waals surface area contributed by atoms with Crippen molar-refractivity contribution in [3.05, 3.63) is 83.9 Å². The Balaban J connectivity index is 2.11. The maximum Gasteiger partial charge on any atom is 0.264 e. The molecular formula is C33H43N3O6S. The number of anilines is 1. The number of benzene rings is 3. The van der Waals surface area contributed by atoms with Crippen LogP contribution in [0.4, 0.5) is 5.69 Å². The first-order valence-electron chi connectivity index (χ1n) is 14.3. The lowest BCUT2D eigenvalue weighted by Gasteiger charge is -2.35. The topological polar surface area (TPSA) is 105 Å². The number of carbonyl (C=O) groups excluding carboxylic acids is 2. The molecule has 0 heterocycles. The molecule has 0 saturated carbocycles. The molecule has 10 heteroatoms. The Morgan fingerprint density at radius 1 is 0.930 bits per heavy atom. The van der Waals surface area contributed by atoms with Crippen molar-refractivity contribution in [2.75, 3.05) is 31.6 Å². The molecule has 3 aromatic rings. The van der Waals surface area contributed by atoms with Crippen LogP contribution < -0.4 is 19.1 Å². The first kappa shape index (κ1) is 33.5. The van der Waals surface area contributed by atoms with Crippen LogP contribution in [0.15, 0.2) is 77.7 Å². The minimum absolute atomic E-state index is 0.0177. The summed E-state index contributed by atoms with van der Waals surface area (Å²) in [4.78, 5) is 29.2. The van der Waals surface area contributed by atoms with Gasteiger partial charge in [0.05, 0.1) is 24.8 Å². The zero-order valence-electron chi connectivity index (χ0n) is 26.1. The molecule has 232 valence electrons. The van der Waals surface area contributed by atoms with E-state index in [0.717, 1.165) is 15.4 Å². The Morgan fingerprint density at radius 2 is 1.58 bits per heavy atom. The molecule has 1 unspecified atom stereocenters. The summed E-state index contributed by atoms with van der Waals surface area (Å²) in [5.74, 6) is -0.183. The van der Waals surface area contributed by atoms with Gasteiger partial charge in [0, 0.05) is 18.2 Å². The summed E-state index contributed by atoms with van der Waals surface area (Å²) >= 11 is 0. The summed E-state index contributed by atoms with van der Waals surface area (Å²) in [6.07, 6.45) is 0.828. The van der Waals surface area contributed by atoms with Crippen LogP contribution in [-0.4, -0.2) is 64.0 Å². The van der Waals surface area contributed by atoms with Gasteiger partial charge in [0.25, 0.3) is 10.0 Å². The van der Waals surface area contributed by atoms with E-state index in [2.05, 4.69) is 5.32 Å². The van der Waals surface area contributed by atoms with Gasteiger partial charge in [-0.15, -0.1) is 0 Å². The van der Waals surface area contributed by atoms with Gasteiger partial charge in [-0.3, -0.25) is 13.9 Å². The molecule has 1 N–H and O–H groups in total. The summed E-state index contributed by atoms with van der Waals surface area (Å²) in [6, 6.07) is 20.0. The van der Waals surface area contributed by atoms with Crippen molar-refractivity contribution >= 4 is 27.5 Å². The zero-order chi connectivity index (χ0) is 31.8. The first-order chi connectivity index (χ1) is 20.3. The van der Waals surface area contributed by atoms with E-state index in [-0.39, 0.29) is 28.8 Å². The maximum atomic E-state index is 14.3. The summed E-state index contributed by atoms with van der Waals surface area (Å²) in [5, 5.41) is 2.98. The zero-order valence-corrected chi connectivity index (χ0v) is 26.9. The lowest BCUT2D eigenvalue weighted by Crippen LogP contribution is -2.56. The number of nitrogens with zero attached hydrogens (tertiary/aromatic N) is 2. The largest absolute Gasteiger partial charge is 0.497 e. The molecule has 0 radical (unpaired) electrons. The Hall–Kier alpha value is -4.05. The third-order valence-corrected chi connectivity index (χ3v) is 8.68. The average Bonchev–Trinajstić information content (AvgIpc) is 2.97. The molecule has 0 aromatic heterocycles. The van der Waals surface area contributed by atoms with E-state index in [4.69, 9.17) is 9.47 Å². The fraction of sp³-hybridized carbons (Fsp3) is 0.394. The lowest BCUT2D eigenvalue weighted by molar-refractivity contribution is -0.140. The molecule has 1 atom stereocenters. The summed E-state index contributed by atoms with van der Waals surface area (Å²) in [5.41, 5.74) is 1.51. The van der Waals surface area contributed by atoms with E-state index < -0.39 is 34.1 Å². The molecule has 0 spiro atoms. The van der Waals surface area contributed by atoms with Crippen LogP contribution in [0.3, 0.4) is 0 Å². The van der Waals surface area contributed by atoms with Gasteiger partial charge < -0.3 is 19.7 Å². The van der Waals surface area contributed by atoms with Crippen LogP contribution >= 0.6 is 0 Å². The monoisotopic (exact) mass is 609 g/mol. The van der Waals surface area contributed by atoms with Crippen LogP contribution in [-0.2, 0) is 26.0 Å². The normalized spacial score (nSPS) is 12.3. The molecule has 2 amide bonds. The summed E-state index contributed by atoms with van der Waals surface area (Å²) < 4.78 is 40.3. The van der Waals surface area contributed by atoms with E-state index in [1.54, 1.807) is 24.3 Å². The molecule has 9 nitrogen and oxygen atoms in total. The highest BCUT2D eigenvalue weighted by atomic mass is 32.2. The number of sulfonamides is 1. The van der Waals surface area contributed by atoms with E-state index >= 15 is 0 Å². The van der Waals surface area contributed by atoms with Crippen molar-refractivity contribution in [1.82, 2.24) is 10.2 Å². The van der Waals surface area contributed by atoms with Gasteiger partial charge in [-0.05, 0) is 70.4 Å². The average molecular weight is 610 g/mol. The van der Waals surface area contributed by atoms with Gasteiger partial charge in [-0.1, -0.05) is 55.0 Å². The van der Waals surface area contributed by atoms with E-state index in [9.17, 15) is 18.0 Å². The fourth-order valence-corrected chi connectivity index (χ4v) is 6.11. The number of amides is 2. The highest BCUT2D eigenvalue weighted by Gasteiger charge is 2.35. The maximum absolute atomic E-state index is 14.3. The van der Waals surface area contributed by atoms with Crippen LogP contribution in [0.2, 0.25) is 0 Å². The molecular weight excluding hydrogens is 566 g/mol. The van der Waals surface area contributed by atoms with Crippen LogP contribution in [0, 0.1) is 6.92 Å². The number of carbonyl (C=O) groups is 2. The van der Waals surface area contributed by atoms with Gasteiger partial charge in [-0.25, -0.2) is 8.42 Å². The predicted octanol–water partition coefficient (Wildman–Crippen LogP) is 4.97. The Morgan fingerprint density at radius 3 is 2.14 bits per heavy atom. The van der Waals surface area contributed by atoms with Gasteiger partial charge in [0.2, 0.25) is 11.8 Å². The molecule has 3 rings (SSSR count). The highest BCUT2D eigenvalue weighted by Crippen LogP contribution is 2.36. The van der Waals surface area contributed by atoms with Crippen molar-refractivity contribution in [1.29, 1.82) is 0 Å². The van der Waals surface area contributed by atoms with Crippen molar-refractivity contribution in [3.8, 4) is 11.5 Å². The van der Waals surface area contributed by atoms with E-state index in [0.29, 0.717) is 18.6 Å². The minimum Gasteiger partial charge on any atom is -0.497 e. The molecule has 0 saturated heterocycles. The van der Waals surface area contributed by atoms with Crippen LogP contribution in [0.5, 0.6) is 11.5 Å². The molecule has 0 bridgehead atoms. The molecule has 0 aliphatic heterocycles. The minimum atomic E-state index is -4.26. The van der Waals surface area contributed by atoms with Crippen molar-refractivity contribution in [2.24, 2.45) is 0 Å². The number of nitrogens with one attached hydrogen (secondary N) is 1. The van der Waals surface area contributed by atoms with Crippen LogP contribution in [0.1, 0.15) is 45.2 Å². The fourth-order valence-electron chi connectivity index (χ4n) is 4.69. The highest BCUT2D eigenvalue weighted by molar-refractivity contribution is 7.92. The van der Waals surface area contributed by atoms with E-state index in [1.165, 1.54) is 37.3 Å². The number of hydrogen-bond donors (Lipinski definition) is 1. The lowest BCUT2D eigenvalue weighted by atomic mass is 10.1. The van der Waals surface area contributed by atoms with Gasteiger partial charge in [0.15, 0.2) is 0 Å². The molecule has 0 aliphatic rings. The second-order valence-corrected chi connectivity index (χ2v) is 13.2. The number of hydrogen-bond acceptors (Lipinski definition) is 6. The second-order valence-electron chi connectivity index (χ2n) is 11.3. The van der Waals surface area contributed by atoms with Crippen molar-refractivity contribution < 1.29 is 27.5 Å². The molecule has 43 heavy (non-hydrogen) atoms. The first-order valence-corrected chi connectivity index (χ1v) is 15.7.